The van der Waals surface area contributed by atoms with E-state index in [0.717, 1.165) is 10.9 Å². The number of nitrogen functional groups attached to an aromatic ring is 1. The van der Waals surface area contributed by atoms with Gasteiger partial charge in [-0.1, -0.05) is 5.92 Å². The van der Waals surface area contributed by atoms with Gasteiger partial charge >= 0.3 is 23.5 Å². The number of phosphoric ester groups is 1. The van der Waals surface area contributed by atoms with Crippen molar-refractivity contribution in [3.63, 3.8) is 0 Å². The van der Waals surface area contributed by atoms with Gasteiger partial charge in [-0.15, -0.1) is 6.42 Å². The van der Waals surface area contributed by atoms with E-state index in [4.69, 9.17) is 31.6 Å². The van der Waals surface area contributed by atoms with Crippen molar-refractivity contribution in [3.05, 3.63) is 16.7 Å². The van der Waals surface area contributed by atoms with Crippen molar-refractivity contribution in [1.29, 1.82) is 0 Å². The van der Waals surface area contributed by atoms with Gasteiger partial charge in [-0.2, -0.15) is 13.6 Å². The Bertz CT molecular complexity index is 1350. The number of hydrogen-bond acceptors (Lipinski definition) is 12. The Hall–Kier alpha value is -2.03. The molecular formula is C12H15FN5O13P3. The van der Waals surface area contributed by atoms with Crippen molar-refractivity contribution in [2.45, 2.75) is 18.2 Å². The van der Waals surface area contributed by atoms with Crippen molar-refractivity contribution < 1.29 is 60.6 Å². The van der Waals surface area contributed by atoms with Crippen LogP contribution in [0.25, 0.3) is 11.2 Å². The van der Waals surface area contributed by atoms with Gasteiger partial charge in [-0.25, -0.2) is 23.1 Å². The molecule has 188 valence electrons. The highest BCUT2D eigenvalue weighted by Gasteiger charge is 2.57. The van der Waals surface area contributed by atoms with Gasteiger partial charge in [0, 0.05) is 0 Å². The monoisotopic (exact) mass is 549 g/mol. The Balaban J connectivity index is 1.84. The highest BCUT2D eigenvalue weighted by Crippen LogP contribution is 2.66. The lowest BCUT2D eigenvalue weighted by Gasteiger charge is -2.24. The molecule has 0 amide bonds. The molecule has 18 nitrogen and oxygen atoms in total. The number of nitrogens with zero attached hydrogens (tertiary/aromatic N) is 3. The van der Waals surface area contributed by atoms with Gasteiger partial charge in [-0.3, -0.25) is 18.9 Å². The van der Waals surface area contributed by atoms with Gasteiger partial charge in [0.15, 0.2) is 17.4 Å². The standard InChI is InChI=1S/C12H15FN5O13P3/c1-2-5-7(19)12(13,3-28-33(24,25)31-34(26,27)30-32(21,22)23)29-10(5)18-4-15-6-8(18)16-11(14)17-9(6)20/h1,4-5,7,10,19H,3H2,(H,24,25)(H,26,27)(H2,21,22,23)(H3,14,16,17,20)/t5-,7-,10+,12+/m0/s1. The third-order valence-corrected chi connectivity index (χ3v) is 7.95. The number of H-pyrrole nitrogens is 1. The molecule has 0 aliphatic carbocycles. The van der Waals surface area contributed by atoms with E-state index in [-0.39, 0.29) is 17.1 Å². The van der Waals surface area contributed by atoms with E-state index in [1.54, 1.807) is 0 Å². The Labute approximate surface area is 186 Å². The molecule has 0 spiro atoms. The molecule has 2 aromatic rings. The van der Waals surface area contributed by atoms with E-state index >= 15 is 4.39 Å². The quantitative estimate of drug-likeness (QED) is 0.151. The maximum Gasteiger partial charge on any atom is 0.490 e. The number of anilines is 1. The smallest absolute Gasteiger partial charge is 0.386 e. The van der Waals surface area contributed by atoms with Crippen molar-refractivity contribution in [2.24, 2.45) is 5.92 Å². The topological polar surface area (TPSA) is 279 Å². The van der Waals surface area contributed by atoms with Crippen LogP contribution in [-0.2, 0) is 31.6 Å². The van der Waals surface area contributed by atoms with Crippen molar-refractivity contribution in [1.82, 2.24) is 19.5 Å². The van der Waals surface area contributed by atoms with Crippen molar-refractivity contribution in [2.75, 3.05) is 12.3 Å². The average Bonchev–Trinajstić information content (AvgIpc) is 3.17. The number of aliphatic hydroxyl groups excluding tert-OH is 1. The maximum absolute atomic E-state index is 15.4. The fraction of sp³-hybridized carbons (Fsp3) is 0.417. The SMILES string of the molecule is C#C[C@@H]1[C@H](n2cnc3c(=O)[nH]c(N)nc32)O[C@](F)(COP(=O)(O)OP(=O)(O)OP(=O)(O)O)[C@H]1O. The van der Waals surface area contributed by atoms with Gasteiger partial charge < -0.3 is 35.2 Å². The minimum atomic E-state index is -5.87. The first-order valence-corrected chi connectivity index (χ1v) is 13.0. The molecule has 2 unspecified atom stereocenters. The molecule has 0 bridgehead atoms. The molecule has 1 fully saturated rings. The molecule has 3 heterocycles. The second-order valence-electron chi connectivity index (χ2n) is 6.57. The third-order valence-electron chi connectivity index (χ3n) is 4.16. The largest absolute Gasteiger partial charge is 0.490 e. The number of rotatable bonds is 8. The molecule has 1 aliphatic heterocycles. The van der Waals surface area contributed by atoms with Crippen LogP contribution in [0.4, 0.5) is 10.3 Å². The Kier molecular flexibility index (Phi) is 6.94. The Morgan fingerprint density at radius 2 is 1.94 bits per heavy atom. The Morgan fingerprint density at radius 3 is 2.53 bits per heavy atom. The van der Waals surface area contributed by atoms with Gasteiger partial charge in [0.05, 0.1) is 12.2 Å². The first-order valence-electron chi connectivity index (χ1n) is 8.48. The normalized spacial score (nSPS) is 28.9. The molecule has 22 heteroatoms. The molecule has 1 saturated heterocycles. The van der Waals surface area contributed by atoms with Crippen LogP contribution in [0.1, 0.15) is 6.23 Å². The summed E-state index contributed by atoms with van der Waals surface area (Å²) < 4.78 is 66.5. The first-order chi connectivity index (χ1) is 15.5. The predicted molar refractivity (Wildman–Crippen MR) is 105 cm³/mol. The fourth-order valence-corrected chi connectivity index (χ4v) is 5.93. The highest BCUT2D eigenvalue weighted by atomic mass is 31.3. The summed E-state index contributed by atoms with van der Waals surface area (Å²) in [4.78, 5) is 57.4. The molecule has 2 aromatic heterocycles. The van der Waals surface area contributed by atoms with Crippen LogP contribution in [0.15, 0.2) is 11.1 Å². The Morgan fingerprint density at radius 1 is 1.29 bits per heavy atom. The fourth-order valence-electron chi connectivity index (χ4n) is 2.89. The number of halogens is 1. The molecule has 0 saturated carbocycles. The number of nitrogens with two attached hydrogens (primary N) is 1. The number of fused-ring (bicyclic) bond motifs is 1. The van der Waals surface area contributed by atoms with Crippen molar-refractivity contribution >= 4 is 40.6 Å². The van der Waals surface area contributed by atoms with Gasteiger partial charge in [0.2, 0.25) is 5.95 Å². The average molecular weight is 549 g/mol. The van der Waals surface area contributed by atoms with E-state index in [1.807, 2.05) is 5.92 Å². The van der Waals surface area contributed by atoms with E-state index in [9.17, 15) is 28.5 Å². The lowest BCUT2D eigenvalue weighted by atomic mass is 9.99. The second-order valence-corrected chi connectivity index (χ2v) is 11.0. The highest BCUT2D eigenvalue weighted by molar-refractivity contribution is 7.66. The van der Waals surface area contributed by atoms with E-state index in [2.05, 4.69) is 28.1 Å². The summed E-state index contributed by atoms with van der Waals surface area (Å²) in [6.45, 7) is -1.64. The van der Waals surface area contributed by atoms with Crippen LogP contribution in [-0.4, -0.2) is 62.8 Å². The van der Waals surface area contributed by atoms with Crippen LogP contribution in [0.2, 0.25) is 0 Å². The van der Waals surface area contributed by atoms with Gasteiger partial charge in [-0.05, 0) is 0 Å². The number of phosphoric acid groups is 3. The minimum Gasteiger partial charge on any atom is -0.386 e. The number of alkyl halides is 1. The van der Waals surface area contributed by atoms with Gasteiger partial charge in [0.1, 0.15) is 12.7 Å². The number of aromatic amines is 1. The van der Waals surface area contributed by atoms with E-state index in [1.165, 1.54) is 0 Å². The zero-order chi connectivity index (χ0) is 25.7. The second kappa shape index (κ2) is 8.88. The number of aromatic nitrogens is 4. The van der Waals surface area contributed by atoms with E-state index in [0.29, 0.717) is 0 Å². The molecule has 34 heavy (non-hydrogen) atoms. The van der Waals surface area contributed by atoms with Gasteiger partial charge in [0.25, 0.3) is 11.4 Å². The number of aliphatic hydroxyl groups is 1. The van der Waals surface area contributed by atoms with Crippen LogP contribution in [0, 0.1) is 18.3 Å². The number of hydrogen-bond donors (Lipinski definition) is 7. The summed E-state index contributed by atoms with van der Waals surface area (Å²) in [7, 11) is -17.3. The summed E-state index contributed by atoms with van der Waals surface area (Å²) >= 11 is 0. The summed E-state index contributed by atoms with van der Waals surface area (Å²) in [5, 5.41) is 10.3. The predicted octanol–water partition coefficient (Wildman–Crippen LogP) is -1.15. The molecule has 1 aliphatic rings. The number of terminal acetylenes is 1. The number of imidazole rings is 1. The molecule has 0 aromatic carbocycles. The summed E-state index contributed by atoms with van der Waals surface area (Å²) in [6, 6.07) is 0. The zero-order valence-electron chi connectivity index (χ0n) is 16.2. The minimum absolute atomic E-state index is 0.212. The molecule has 8 N–H and O–H groups in total. The van der Waals surface area contributed by atoms with E-state index < -0.39 is 59.7 Å². The number of nitrogens with one attached hydrogen (secondary N) is 1. The molecule has 3 rings (SSSR count). The molecular weight excluding hydrogens is 534 g/mol. The summed E-state index contributed by atoms with van der Waals surface area (Å²) in [6.07, 6.45) is 2.46. The lowest BCUT2D eigenvalue weighted by molar-refractivity contribution is -0.203. The van der Waals surface area contributed by atoms with Crippen LogP contribution >= 0.6 is 23.5 Å². The number of ether oxygens (including phenoxy) is 1. The molecule has 6 atom stereocenters. The summed E-state index contributed by atoms with van der Waals surface area (Å²) in [5.74, 6) is -3.16. The van der Waals surface area contributed by atoms with Crippen LogP contribution in [0.5, 0.6) is 0 Å². The first kappa shape index (κ1) is 26.6. The third kappa shape index (κ3) is 5.61. The lowest BCUT2D eigenvalue weighted by Crippen LogP contribution is -2.41. The molecule has 0 radical (unpaired) electrons. The van der Waals surface area contributed by atoms with Crippen LogP contribution in [0.3, 0.4) is 0 Å². The summed E-state index contributed by atoms with van der Waals surface area (Å²) in [5.41, 5.74) is 4.27. The maximum atomic E-state index is 15.4. The van der Waals surface area contributed by atoms with Crippen molar-refractivity contribution in [3.8, 4) is 12.3 Å². The van der Waals surface area contributed by atoms with Crippen LogP contribution < -0.4 is 11.3 Å². The zero-order valence-corrected chi connectivity index (χ0v) is 18.9.